The van der Waals surface area contributed by atoms with E-state index in [-0.39, 0.29) is 0 Å². The van der Waals surface area contributed by atoms with Crippen molar-refractivity contribution in [2.45, 2.75) is 52.1 Å². The standard InChI is InChI=1S/C13H26N2/c1-4-10(3)12-9-15(5-2)13(8-14-12)11-6-7-11/h10-14H,4-9H2,1-3H3. The molecule has 0 aromatic rings. The Morgan fingerprint density at radius 2 is 2.07 bits per heavy atom. The van der Waals surface area contributed by atoms with Gasteiger partial charge in [0.2, 0.25) is 0 Å². The SMILES string of the molecule is CCC(C)C1CN(CC)C(C2CC2)CN1. The van der Waals surface area contributed by atoms with Gasteiger partial charge in [-0.1, -0.05) is 27.2 Å². The van der Waals surface area contributed by atoms with Crippen LogP contribution in [0.4, 0.5) is 0 Å². The van der Waals surface area contributed by atoms with Crippen molar-refractivity contribution < 1.29 is 0 Å². The zero-order valence-corrected chi connectivity index (χ0v) is 10.5. The van der Waals surface area contributed by atoms with Gasteiger partial charge in [0.1, 0.15) is 0 Å². The normalized spacial score (nSPS) is 35.4. The van der Waals surface area contributed by atoms with Gasteiger partial charge in [0.25, 0.3) is 0 Å². The molecule has 1 saturated carbocycles. The number of hydrogen-bond donors (Lipinski definition) is 1. The lowest BCUT2D eigenvalue weighted by molar-refractivity contribution is 0.102. The molecule has 88 valence electrons. The van der Waals surface area contributed by atoms with Gasteiger partial charge in [0.15, 0.2) is 0 Å². The van der Waals surface area contributed by atoms with Crippen LogP contribution in [0.1, 0.15) is 40.0 Å². The van der Waals surface area contributed by atoms with Gasteiger partial charge >= 0.3 is 0 Å². The molecule has 0 aromatic carbocycles. The topological polar surface area (TPSA) is 15.3 Å². The quantitative estimate of drug-likeness (QED) is 0.764. The molecule has 2 aliphatic rings. The fourth-order valence-electron chi connectivity index (χ4n) is 2.83. The van der Waals surface area contributed by atoms with E-state index in [0.717, 1.165) is 23.9 Å². The van der Waals surface area contributed by atoms with Gasteiger partial charge in [-0.25, -0.2) is 0 Å². The molecule has 2 rings (SSSR count). The molecule has 1 saturated heterocycles. The van der Waals surface area contributed by atoms with Gasteiger partial charge in [0.05, 0.1) is 0 Å². The van der Waals surface area contributed by atoms with Crippen molar-refractivity contribution >= 4 is 0 Å². The number of rotatable bonds is 4. The fraction of sp³-hybridized carbons (Fsp3) is 1.00. The monoisotopic (exact) mass is 210 g/mol. The first-order chi connectivity index (χ1) is 7.26. The molecular weight excluding hydrogens is 184 g/mol. The highest BCUT2D eigenvalue weighted by molar-refractivity contribution is 4.95. The Balaban J connectivity index is 1.90. The van der Waals surface area contributed by atoms with E-state index in [4.69, 9.17) is 0 Å². The van der Waals surface area contributed by atoms with Crippen molar-refractivity contribution in [2.24, 2.45) is 11.8 Å². The summed E-state index contributed by atoms with van der Waals surface area (Å²) in [5.41, 5.74) is 0. The second kappa shape index (κ2) is 4.84. The largest absolute Gasteiger partial charge is 0.311 e. The zero-order chi connectivity index (χ0) is 10.8. The van der Waals surface area contributed by atoms with Crippen molar-refractivity contribution in [3.8, 4) is 0 Å². The van der Waals surface area contributed by atoms with Crippen molar-refractivity contribution in [3.63, 3.8) is 0 Å². The van der Waals surface area contributed by atoms with E-state index in [2.05, 4.69) is 31.0 Å². The minimum Gasteiger partial charge on any atom is -0.311 e. The van der Waals surface area contributed by atoms with E-state index in [1.165, 1.54) is 38.9 Å². The number of piperazine rings is 1. The first-order valence-corrected chi connectivity index (χ1v) is 6.73. The lowest BCUT2D eigenvalue weighted by Crippen LogP contribution is -2.58. The Labute approximate surface area is 94.4 Å². The third-order valence-corrected chi connectivity index (χ3v) is 4.39. The highest BCUT2D eigenvalue weighted by atomic mass is 15.2. The Kier molecular flexibility index (Phi) is 3.68. The van der Waals surface area contributed by atoms with Gasteiger partial charge in [-0.3, -0.25) is 4.90 Å². The van der Waals surface area contributed by atoms with E-state index < -0.39 is 0 Å². The van der Waals surface area contributed by atoms with Crippen LogP contribution in [0, 0.1) is 11.8 Å². The molecule has 0 bridgehead atoms. The molecule has 3 unspecified atom stereocenters. The molecule has 1 heterocycles. The molecule has 0 radical (unpaired) electrons. The highest BCUT2D eigenvalue weighted by Crippen LogP contribution is 2.36. The second-order valence-electron chi connectivity index (χ2n) is 5.39. The maximum atomic E-state index is 3.76. The summed E-state index contributed by atoms with van der Waals surface area (Å²) in [6.45, 7) is 10.7. The molecule has 0 spiro atoms. The summed E-state index contributed by atoms with van der Waals surface area (Å²) in [7, 11) is 0. The third kappa shape index (κ3) is 2.54. The summed E-state index contributed by atoms with van der Waals surface area (Å²) in [5, 5.41) is 3.76. The van der Waals surface area contributed by atoms with Gasteiger partial charge in [0, 0.05) is 25.2 Å². The molecule has 0 amide bonds. The predicted octanol–water partition coefficient (Wildman–Crippen LogP) is 2.10. The molecule has 2 nitrogen and oxygen atoms in total. The minimum atomic E-state index is 0.727. The van der Waals surface area contributed by atoms with E-state index in [0.29, 0.717) is 0 Å². The van der Waals surface area contributed by atoms with Gasteiger partial charge < -0.3 is 5.32 Å². The zero-order valence-electron chi connectivity index (χ0n) is 10.5. The maximum Gasteiger partial charge on any atom is 0.0249 e. The smallest absolute Gasteiger partial charge is 0.0249 e. The van der Waals surface area contributed by atoms with Crippen LogP contribution in [0.5, 0.6) is 0 Å². The van der Waals surface area contributed by atoms with Crippen LogP contribution >= 0.6 is 0 Å². The van der Waals surface area contributed by atoms with Crippen LogP contribution in [-0.4, -0.2) is 36.6 Å². The van der Waals surface area contributed by atoms with E-state index in [1.807, 2.05) is 0 Å². The van der Waals surface area contributed by atoms with E-state index in [1.54, 1.807) is 0 Å². The second-order valence-corrected chi connectivity index (χ2v) is 5.39. The van der Waals surface area contributed by atoms with E-state index in [9.17, 15) is 0 Å². The Morgan fingerprint density at radius 3 is 2.60 bits per heavy atom. The van der Waals surface area contributed by atoms with Crippen LogP contribution in [0.25, 0.3) is 0 Å². The summed E-state index contributed by atoms with van der Waals surface area (Å²) in [6, 6.07) is 1.57. The van der Waals surface area contributed by atoms with Crippen LogP contribution in [0.2, 0.25) is 0 Å². The number of nitrogens with zero attached hydrogens (tertiary/aromatic N) is 1. The lowest BCUT2D eigenvalue weighted by Gasteiger charge is -2.42. The molecule has 1 N–H and O–H groups in total. The number of likely N-dealkylation sites (N-methyl/N-ethyl adjacent to an activating group) is 1. The van der Waals surface area contributed by atoms with Gasteiger partial charge in [-0.15, -0.1) is 0 Å². The molecule has 2 heteroatoms. The number of hydrogen-bond acceptors (Lipinski definition) is 2. The molecule has 1 aliphatic heterocycles. The molecule has 2 fully saturated rings. The Morgan fingerprint density at radius 1 is 1.33 bits per heavy atom. The molecule has 0 aromatic heterocycles. The summed E-state index contributed by atoms with van der Waals surface area (Å²) >= 11 is 0. The van der Waals surface area contributed by atoms with Crippen molar-refractivity contribution in [3.05, 3.63) is 0 Å². The average molecular weight is 210 g/mol. The van der Waals surface area contributed by atoms with Crippen LogP contribution in [0.15, 0.2) is 0 Å². The Bertz CT molecular complexity index is 201. The summed E-state index contributed by atoms with van der Waals surface area (Å²) < 4.78 is 0. The van der Waals surface area contributed by atoms with Crippen LogP contribution < -0.4 is 5.32 Å². The van der Waals surface area contributed by atoms with E-state index >= 15 is 0 Å². The van der Waals surface area contributed by atoms with Crippen LogP contribution in [-0.2, 0) is 0 Å². The Hall–Kier alpha value is -0.0800. The first-order valence-electron chi connectivity index (χ1n) is 6.73. The van der Waals surface area contributed by atoms with Crippen LogP contribution in [0.3, 0.4) is 0 Å². The molecular formula is C13H26N2. The summed E-state index contributed by atoms with van der Waals surface area (Å²) in [5.74, 6) is 1.83. The lowest BCUT2D eigenvalue weighted by atomic mass is 9.94. The predicted molar refractivity (Wildman–Crippen MR) is 65.0 cm³/mol. The highest BCUT2D eigenvalue weighted by Gasteiger charge is 2.38. The third-order valence-electron chi connectivity index (χ3n) is 4.39. The fourth-order valence-corrected chi connectivity index (χ4v) is 2.83. The maximum absolute atomic E-state index is 3.76. The van der Waals surface area contributed by atoms with Crippen molar-refractivity contribution in [2.75, 3.05) is 19.6 Å². The summed E-state index contributed by atoms with van der Waals surface area (Å²) in [4.78, 5) is 2.71. The summed E-state index contributed by atoms with van der Waals surface area (Å²) in [6.07, 6.45) is 4.23. The first kappa shape index (κ1) is 11.4. The van der Waals surface area contributed by atoms with Gasteiger partial charge in [-0.2, -0.15) is 0 Å². The van der Waals surface area contributed by atoms with Crippen molar-refractivity contribution in [1.29, 1.82) is 0 Å². The molecule has 1 aliphatic carbocycles. The average Bonchev–Trinajstić information content (AvgIpc) is 3.11. The van der Waals surface area contributed by atoms with Gasteiger partial charge in [-0.05, 0) is 31.2 Å². The minimum absolute atomic E-state index is 0.727. The number of nitrogens with one attached hydrogen (secondary N) is 1. The van der Waals surface area contributed by atoms with Crippen molar-refractivity contribution in [1.82, 2.24) is 10.2 Å². The molecule has 15 heavy (non-hydrogen) atoms. The molecule has 3 atom stereocenters.